The maximum absolute atomic E-state index is 14.3. The number of aromatic nitrogens is 4. The molecule has 1 saturated heterocycles. The van der Waals surface area contributed by atoms with Gasteiger partial charge in [-0.25, -0.2) is 19.3 Å². The molecule has 1 fully saturated rings. The van der Waals surface area contributed by atoms with Gasteiger partial charge in [0.05, 0.1) is 17.1 Å². The molecule has 27 heavy (non-hydrogen) atoms. The van der Waals surface area contributed by atoms with Gasteiger partial charge in [-0.2, -0.15) is 0 Å². The summed E-state index contributed by atoms with van der Waals surface area (Å²) in [5.74, 6) is -1.99. The summed E-state index contributed by atoms with van der Waals surface area (Å²) in [6, 6.07) is 1.29. The average molecular weight is 391 g/mol. The fraction of sp³-hybridized carbons (Fsp3) is 0.294. The minimum absolute atomic E-state index is 0.0255. The second-order valence-corrected chi connectivity index (χ2v) is 6.77. The molecule has 0 spiro atoms. The Balaban J connectivity index is 1.69. The highest BCUT2D eigenvalue weighted by molar-refractivity contribution is 6.31. The van der Waals surface area contributed by atoms with Gasteiger partial charge in [0.1, 0.15) is 5.65 Å². The maximum Gasteiger partial charge on any atom is 0.309 e. The van der Waals surface area contributed by atoms with E-state index in [4.69, 9.17) is 11.6 Å². The Morgan fingerprint density at radius 2 is 2.22 bits per heavy atom. The van der Waals surface area contributed by atoms with Gasteiger partial charge >= 0.3 is 5.97 Å². The molecule has 3 aromatic heterocycles. The van der Waals surface area contributed by atoms with E-state index >= 15 is 0 Å². The second-order valence-electron chi connectivity index (χ2n) is 6.33. The van der Waals surface area contributed by atoms with E-state index in [-0.39, 0.29) is 11.6 Å². The Morgan fingerprint density at radius 1 is 1.37 bits per heavy atom. The van der Waals surface area contributed by atoms with Crippen molar-refractivity contribution in [1.29, 1.82) is 0 Å². The first-order chi connectivity index (χ1) is 13.0. The molecule has 0 aliphatic carbocycles. The predicted molar refractivity (Wildman–Crippen MR) is 98.1 cm³/mol. The summed E-state index contributed by atoms with van der Waals surface area (Å²) < 4.78 is 14.3. The van der Waals surface area contributed by atoms with Crippen molar-refractivity contribution < 1.29 is 14.3 Å². The molecule has 0 saturated carbocycles. The zero-order chi connectivity index (χ0) is 19.0. The van der Waals surface area contributed by atoms with Crippen LogP contribution in [0.25, 0.3) is 22.4 Å². The molecule has 1 aliphatic rings. The van der Waals surface area contributed by atoms with Gasteiger partial charge in [-0.1, -0.05) is 11.6 Å². The fourth-order valence-electron chi connectivity index (χ4n) is 3.23. The lowest BCUT2D eigenvalue weighted by atomic mass is 9.93. The molecule has 4 heterocycles. The van der Waals surface area contributed by atoms with Crippen LogP contribution in [-0.2, 0) is 4.79 Å². The highest BCUT2D eigenvalue weighted by Crippen LogP contribution is 2.28. The van der Waals surface area contributed by atoms with Crippen molar-refractivity contribution >= 4 is 34.4 Å². The Kier molecular flexibility index (Phi) is 4.63. The third kappa shape index (κ3) is 3.43. The highest BCUT2D eigenvalue weighted by atomic mass is 35.5. The number of nitrogens with one attached hydrogen (secondary N) is 3. The van der Waals surface area contributed by atoms with Crippen molar-refractivity contribution in [3.05, 3.63) is 35.5 Å². The quantitative estimate of drug-likeness (QED) is 0.540. The van der Waals surface area contributed by atoms with Crippen molar-refractivity contribution in [3.8, 4) is 11.4 Å². The number of aliphatic carboxylic acids is 1. The molecule has 2 unspecified atom stereocenters. The number of halogens is 2. The molecule has 140 valence electrons. The van der Waals surface area contributed by atoms with E-state index in [1.807, 2.05) is 0 Å². The molecule has 0 bridgehead atoms. The largest absolute Gasteiger partial charge is 0.481 e. The maximum atomic E-state index is 14.3. The number of anilines is 1. The van der Waals surface area contributed by atoms with E-state index in [0.717, 1.165) is 6.20 Å². The molecule has 0 aromatic carbocycles. The number of rotatable bonds is 4. The Bertz CT molecular complexity index is 1010. The molecular formula is C17H16ClFN6O2. The zero-order valence-electron chi connectivity index (χ0n) is 14.0. The van der Waals surface area contributed by atoms with Gasteiger partial charge < -0.3 is 20.7 Å². The van der Waals surface area contributed by atoms with E-state index in [1.165, 1.54) is 6.20 Å². The van der Waals surface area contributed by atoms with E-state index in [0.29, 0.717) is 41.1 Å². The van der Waals surface area contributed by atoms with Gasteiger partial charge in [0, 0.05) is 35.9 Å². The number of carbonyl (C=O) groups is 1. The van der Waals surface area contributed by atoms with Gasteiger partial charge in [0.2, 0.25) is 0 Å². The molecule has 3 aromatic rings. The van der Waals surface area contributed by atoms with Crippen molar-refractivity contribution in [2.24, 2.45) is 5.92 Å². The van der Waals surface area contributed by atoms with Gasteiger partial charge in [0.15, 0.2) is 17.5 Å². The highest BCUT2D eigenvalue weighted by Gasteiger charge is 2.31. The van der Waals surface area contributed by atoms with Crippen LogP contribution in [0.2, 0.25) is 5.02 Å². The van der Waals surface area contributed by atoms with Crippen molar-refractivity contribution in [2.45, 2.75) is 12.5 Å². The van der Waals surface area contributed by atoms with Gasteiger partial charge in [-0.3, -0.25) is 4.79 Å². The van der Waals surface area contributed by atoms with Crippen LogP contribution < -0.4 is 10.6 Å². The van der Waals surface area contributed by atoms with Crippen LogP contribution in [-0.4, -0.2) is 50.1 Å². The summed E-state index contributed by atoms with van der Waals surface area (Å²) in [7, 11) is 0. The van der Waals surface area contributed by atoms with Crippen LogP contribution in [0.1, 0.15) is 6.42 Å². The molecule has 10 heteroatoms. The van der Waals surface area contributed by atoms with Crippen LogP contribution in [0.5, 0.6) is 0 Å². The topological polar surface area (TPSA) is 116 Å². The van der Waals surface area contributed by atoms with Crippen LogP contribution >= 0.6 is 11.6 Å². The summed E-state index contributed by atoms with van der Waals surface area (Å²) in [5.41, 5.74) is 1.24. The van der Waals surface area contributed by atoms with Crippen LogP contribution in [0.4, 0.5) is 10.2 Å². The van der Waals surface area contributed by atoms with Gasteiger partial charge in [0.25, 0.3) is 0 Å². The SMILES string of the molecule is O=C(O)C1CNCCC1Nc1nc(-c2c[nH]c3ncc(Cl)cc23)ncc1F. The number of nitrogens with zero attached hydrogens (tertiary/aromatic N) is 3. The number of aromatic amines is 1. The average Bonchev–Trinajstić information content (AvgIpc) is 3.07. The molecule has 0 amide bonds. The second kappa shape index (κ2) is 7.09. The van der Waals surface area contributed by atoms with E-state index < -0.39 is 23.7 Å². The predicted octanol–water partition coefficient (Wildman–Crippen LogP) is 2.29. The minimum atomic E-state index is -0.938. The van der Waals surface area contributed by atoms with E-state index in [1.54, 1.807) is 12.3 Å². The molecule has 1 aliphatic heterocycles. The summed E-state index contributed by atoms with van der Waals surface area (Å²) in [6.07, 6.45) is 4.81. The van der Waals surface area contributed by atoms with E-state index in [2.05, 4.69) is 30.6 Å². The van der Waals surface area contributed by atoms with Crippen molar-refractivity contribution in [2.75, 3.05) is 18.4 Å². The third-order valence-electron chi connectivity index (χ3n) is 4.60. The number of hydrogen-bond donors (Lipinski definition) is 4. The number of carboxylic acid groups (broad SMARTS) is 1. The van der Waals surface area contributed by atoms with Crippen LogP contribution in [0, 0.1) is 11.7 Å². The standard InChI is InChI=1S/C17H16ClFN6O2/c18-8-3-9-10(6-22-14(9)21-4-8)15-23-7-12(19)16(25-15)24-13-1-2-20-5-11(13)17(26)27/h3-4,6-7,11,13,20H,1-2,5H2,(H,21,22)(H,26,27)(H,23,24,25). The lowest BCUT2D eigenvalue weighted by molar-refractivity contribution is -0.142. The zero-order valence-corrected chi connectivity index (χ0v) is 14.8. The van der Waals surface area contributed by atoms with Gasteiger partial charge in [-0.05, 0) is 19.0 Å². The normalized spacial score (nSPS) is 19.9. The lowest BCUT2D eigenvalue weighted by Crippen LogP contribution is -2.47. The number of piperidine rings is 1. The fourth-order valence-corrected chi connectivity index (χ4v) is 3.39. The molecular weight excluding hydrogens is 375 g/mol. The summed E-state index contributed by atoms with van der Waals surface area (Å²) in [4.78, 5) is 27.0. The Labute approximate surface area is 158 Å². The summed E-state index contributed by atoms with van der Waals surface area (Å²) in [5, 5.41) is 16.5. The molecule has 4 N–H and O–H groups in total. The Hall–Kier alpha value is -2.78. The minimum Gasteiger partial charge on any atom is -0.481 e. The first-order valence-electron chi connectivity index (χ1n) is 8.38. The van der Waals surface area contributed by atoms with Crippen molar-refractivity contribution in [1.82, 2.24) is 25.3 Å². The van der Waals surface area contributed by atoms with Crippen LogP contribution in [0.15, 0.2) is 24.7 Å². The summed E-state index contributed by atoms with van der Waals surface area (Å²) >= 11 is 6.01. The molecule has 0 radical (unpaired) electrons. The monoisotopic (exact) mass is 390 g/mol. The Morgan fingerprint density at radius 3 is 3.04 bits per heavy atom. The molecule has 8 nitrogen and oxygen atoms in total. The number of hydrogen-bond acceptors (Lipinski definition) is 6. The number of carboxylic acids is 1. The smallest absolute Gasteiger partial charge is 0.309 e. The van der Waals surface area contributed by atoms with Gasteiger partial charge in [-0.15, -0.1) is 0 Å². The molecule has 2 atom stereocenters. The number of fused-ring (bicyclic) bond motifs is 1. The number of pyridine rings is 1. The first kappa shape index (κ1) is 17.6. The van der Waals surface area contributed by atoms with Crippen LogP contribution in [0.3, 0.4) is 0 Å². The number of H-pyrrole nitrogens is 1. The van der Waals surface area contributed by atoms with Crippen molar-refractivity contribution in [3.63, 3.8) is 0 Å². The lowest BCUT2D eigenvalue weighted by Gasteiger charge is -2.30. The molecule has 4 rings (SSSR count). The van der Waals surface area contributed by atoms with E-state index in [9.17, 15) is 14.3 Å². The first-order valence-corrected chi connectivity index (χ1v) is 8.76. The summed E-state index contributed by atoms with van der Waals surface area (Å²) in [6.45, 7) is 0.965. The third-order valence-corrected chi connectivity index (χ3v) is 4.81.